The summed E-state index contributed by atoms with van der Waals surface area (Å²) in [6, 6.07) is 3.51. The van der Waals surface area contributed by atoms with Gasteiger partial charge in [0.15, 0.2) is 0 Å². The van der Waals surface area contributed by atoms with Gasteiger partial charge in [0.05, 0.1) is 17.0 Å². The Kier molecular flexibility index (Phi) is 6.02. The average Bonchev–Trinajstić information content (AvgIpc) is 3.37. The van der Waals surface area contributed by atoms with E-state index in [-0.39, 0.29) is 23.9 Å². The van der Waals surface area contributed by atoms with Gasteiger partial charge < -0.3 is 4.90 Å². The smallest absolute Gasteiger partial charge is 0.336 e. The van der Waals surface area contributed by atoms with Crippen LogP contribution in [0.5, 0.6) is 0 Å². The molecule has 1 saturated carbocycles. The Morgan fingerprint density at radius 2 is 1.88 bits per heavy atom. The zero-order valence-electron chi connectivity index (χ0n) is 14.9. The molecule has 9 heteroatoms. The second-order valence-corrected chi connectivity index (χ2v) is 8.63. The maximum Gasteiger partial charge on any atom is 0.416 e. The number of nitrogens with one attached hydrogen (secondary N) is 1. The number of carbonyl (C=O) groups excluding carboxylic acids is 1. The van der Waals surface area contributed by atoms with Crippen LogP contribution in [0.3, 0.4) is 0 Å². The van der Waals surface area contributed by atoms with Crippen molar-refractivity contribution in [1.29, 1.82) is 0 Å². The largest absolute Gasteiger partial charge is 0.416 e. The molecule has 0 saturated heterocycles. The summed E-state index contributed by atoms with van der Waals surface area (Å²) in [6.45, 7) is 5.37. The Bertz CT molecular complexity index is 759. The number of hydrogen-bond donors (Lipinski definition) is 1. The van der Waals surface area contributed by atoms with E-state index in [1.807, 2.05) is 20.8 Å². The lowest BCUT2D eigenvalue weighted by Crippen LogP contribution is -2.47. The highest BCUT2D eigenvalue weighted by molar-refractivity contribution is 7.89. The summed E-state index contributed by atoms with van der Waals surface area (Å²) in [5.41, 5.74) is -1.06. The van der Waals surface area contributed by atoms with E-state index < -0.39 is 33.2 Å². The Morgan fingerprint density at radius 1 is 1.27 bits per heavy atom. The number of nitrogens with zero attached hydrogens (tertiary/aromatic N) is 1. The van der Waals surface area contributed by atoms with Gasteiger partial charge in [-0.2, -0.15) is 13.2 Å². The van der Waals surface area contributed by atoms with Crippen LogP contribution in [0, 0.1) is 5.92 Å². The van der Waals surface area contributed by atoms with Crippen molar-refractivity contribution in [3.05, 3.63) is 29.8 Å². The van der Waals surface area contributed by atoms with E-state index in [0.29, 0.717) is 6.07 Å². The number of rotatable bonds is 7. The minimum atomic E-state index is -4.64. The molecule has 1 aliphatic carbocycles. The Morgan fingerprint density at radius 3 is 2.38 bits per heavy atom. The van der Waals surface area contributed by atoms with E-state index >= 15 is 0 Å². The van der Waals surface area contributed by atoms with Gasteiger partial charge in [-0.3, -0.25) is 4.79 Å². The summed E-state index contributed by atoms with van der Waals surface area (Å²) in [5, 5.41) is 0. The normalized spacial score (nSPS) is 16.6. The lowest BCUT2D eigenvalue weighted by Gasteiger charge is -2.32. The molecule has 1 aliphatic rings. The maximum atomic E-state index is 12.8. The number of benzene rings is 1. The molecule has 0 spiro atoms. The fourth-order valence-corrected chi connectivity index (χ4v) is 3.63. The van der Waals surface area contributed by atoms with Crippen molar-refractivity contribution in [2.75, 3.05) is 6.54 Å². The van der Waals surface area contributed by atoms with Crippen LogP contribution in [0.1, 0.15) is 39.2 Å². The number of carbonyl (C=O) groups is 1. The Balaban J connectivity index is 2.11. The van der Waals surface area contributed by atoms with E-state index in [4.69, 9.17) is 0 Å². The molecule has 0 radical (unpaired) electrons. The summed E-state index contributed by atoms with van der Waals surface area (Å²) in [5.74, 6) is -0.163. The van der Waals surface area contributed by atoms with Crippen molar-refractivity contribution in [3.8, 4) is 0 Å². The van der Waals surface area contributed by atoms with E-state index in [2.05, 4.69) is 4.72 Å². The molecule has 5 nitrogen and oxygen atoms in total. The summed E-state index contributed by atoms with van der Waals surface area (Å²) >= 11 is 0. The summed E-state index contributed by atoms with van der Waals surface area (Å²) in [7, 11) is -4.22. The predicted molar refractivity (Wildman–Crippen MR) is 90.8 cm³/mol. The minimum Gasteiger partial charge on any atom is -0.336 e. The molecule has 0 aromatic heterocycles. The van der Waals surface area contributed by atoms with Crippen molar-refractivity contribution in [2.24, 2.45) is 5.92 Å². The van der Waals surface area contributed by atoms with Crippen molar-refractivity contribution >= 4 is 15.9 Å². The van der Waals surface area contributed by atoms with Gasteiger partial charge in [0.25, 0.3) is 0 Å². The Labute approximate surface area is 151 Å². The fraction of sp³-hybridized carbons (Fsp3) is 0.588. The second kappa shape index (κ2) is 7.56. The van der Waals surface area contributed by atoms with Crippen LogP contribution in [-0.4, -0.2) is 37.9 Å². The number of sulfonamides is 1. The molecule has 2 rings (SSSR count). The van der Waals surface area contributed by atoms with Crippen LogP contribution in [0.25, 0.3) is 0 Å². The third kappa shape index (κ3) is 4.97. The lowest BCUT2D eigenvalue weighted by molar-refractivity contribution is -0.137. The maximum absolute atomic E-state index is 12.8. The van der Waals surface area contributed by atoms with Gasteiger partial charge in [-0.15, -0.1) is 0 Å². The zero-order valence-corrected chi connectivity index (χ0v) is 15.7. The monoisotopic (exact) mass is 392 g/mol. The summed E-state index contributed by atoms with van der Waals surface area (Å²) in [4.78, 5) is 13.7. The highest BCUT2D eigenvalue weighted by Gasteiger charge is 2.37. The molecule has 1 aromatic rings. The third-order valence-corrected chi connectivity index (χ3v) is 5.92. The highest BCUT2D eigenvalue weighted by atomic mass is 32.2. The molecular formula is C17H23F3N2O3S. The SMILES string of the molecule is CC(C)C(C)N(C(=O)CNS(=O)(=O)c1cccc(C(F)(F)F)c1)C1CC1. The van der Waals surface area contributed by atoms with Crippen LogP contribution in [0.4, 0.5) is 13.2 Å². The van der Waals surface area contributed by atoms with Gasteiger partial charge >= 0.3 is 6.18 Å². The molecule has 1 aromatic carbocycles. The van der Waals surface area contributed by atoms with E-state index in [1.54, 1.807) is 4.90 Å². The molecule has 1 fully saturated rings. The molecule has 1 unspecified atom stereocenters. The molecule has 0 heterocycles. The first-order valence-electron chi connectivity index (χ1n) is 8.41. The zero-order chi connectivity index (χ0) is 19.7. The molecule has 0 bridgehead atoms. The first-order valence-corrected chi connectivity index (χ1v) is 9.90. The number of amides is 1. The summed E-state index contributed by atoms with van der Waals surface area (Å²) in [6.07, 6.45) is -2.89. The van der Waals surface area contributed by atoms with Crippen molar-refractivity contribution in [2.45, 2.75) is 56.8 Å². The number of halogens is 3. The molecule has 1 amide bonds. The molecular weight excluding hydrogens is 369 g/mol. The standard InChI is InChI=1S/C17H23F3N2O3S/c1-11(2)12(3)22(14-7-8-14)16(23)10-21-26(24,25)15-6-4-5-13(9-15)17(18,19)20/h4-6,9,11-12,14,21H,7-8,10H2,1-3H3. The topological polar surface area (TPSA) is 66.5 Å². The van der Waals surface area contributed by atoms with Gasteiger partial charge in [-0.05, 0) is 43.9 Å². The molecule has 146 valence electrons. The summed E-state index contributed by atoms with van der Waals surface area (Å²) < 4.78 is 65.0. The Hall–Kier alpha value is -1.61. The van der Waals surface area contributed by atoms with Crippen molar-refractivity contribution in [1.82, 2.24) is 9.62 Å². The molecule has 1 atom stereocenters. The van der Waals surface area contributed by atoms with Crippen molar-refractivity contribution < 1.29 is 26.4 Å². The molecule has 0 aliphatic heterocycles. The third-order valence-electron chi connectivity index (χ3n) is 4.52. The highest BCUT2D eigenvalue weighted by Crippen LogP contribution is 2.31. The minimum absolute atomic E-state index is 0.0481. The van der Waals surface area contributed by atoms with Crippen LogP contribution < -0.4 is 4.72 Å². The number of hydrogen-bond acceptors (Lipinski definition) is 3. The van der Waals surface area contributed by atoms with Crippen LogP contribution in [-0.2, 0) is 21.0 Å². The average molecular weight is 392 g/mol. The van der Waals surface area contributed by atoms with Gasteiger partial charge in [0.1, 0.15) is 0 Å². The second-order valence-electron chi connectivity index (χ2n) is 6.87. The van der Waals surface area contributed by atoms with E-state index in [1.165, 1.54) is 0 Å². The van der Waals surface area contributed by atoms with Gasteiger partial charge in [-0.25, -0.2) is 13.1 Å². The van der Waals surface area contributed by atoms with Gasteiger partial charge in [0, 0.05) is 12.1 Å². The predicted octanol–water partition coefficient (Wildman–Crippen LogP) is 3.02. The first-order chi connectivity index (χ1) is 11.9. The molecule has 1 N–H and O–H groups in total. The quantitative estimate of drug-likeness (QED) is 0.776. The first kappa shape index (κ1) is 20.7. The molecule has 26 heavy (non-hydrogen) atoms. The fourth-order valence-electron chi connectivity index (χ4n) is 2.61. The van der Waals surface area contributed by atoms with E-state index in [0.717, 1.165) is 31.0 Å². The number of alkyl halides is 3. The van der Waals surface area contributed by atoms with E-state index in [9.17, 15) is 26.4 Å². The van der Waals surface area contributed by atoms with Crippen molar-refractivity contribution in [3.63, 3.8) is 0 Å². The van der Waals surface area contributed by atoms with Gasteiger partial charge in [0.2, 0.25) is 15.9 Å². The van der Waals surface area contributed by atoms with Gasteiger partial charge in [-0.1, -0.05) is 19.9 Å². The van der Waals surface area contributed by atoms with Crippen LogP contribution >= 0.6 is 0 Å². The lowest BCUT2D eigenvalue weighted by atomic mass is 10.0. The van der Waals surface area contributed by atoms with Crippen LogP contribution in [0.2, 0.25) is 0 Å². The van der Waals surface area contributed by atoms with Crippen LogP contribution in [0.15, 0.2) is 29.2 Å².